The van der Waals surface area contributed by atoms with Crippen LogP contribution in [0.3, 0.4) is 0 Å². The van der Waals surface area contributed by atoms with Crippen LogP contribution in [0.4, 0.5) is 0 Å². The standard InChI is InChI=1S/C30H38ClN3O3S/c1-19(2)38(20(3)4,21(5)6)34-17-25(24-9-8-14-32-30(24)34)29(35)26-15-27(36-7)28(16-33-26)37-18-22-10-12-23(31)13-11-22/h8-17,19-21,29,35H,18H2,1-7H3. The number of ether oxygens (including phenoxy) is 2. The molecule has 1 atom stereocenters. The highest BCUT2D eigenvalue weighted by molar-refractivity contribution is 8.33. The van der Waals surface area contributed by atoms with Crippen LogP contribution in [0.25, 0.3) is 11.0 Å². The summed E-state index contributed by atoms with van der Waals surface area (Å²) >= 11 is 5.98. The predicted molar refractivity (Wildman–Crippen MR) is 159 cm³/mol. The van der Waals surface area contributed by atoms with Crippen LogP contribution in [0.5, 0.6) is 11.5 Å². The fourth-order valence-electron chi connectivity index (χ4n) is 5.59. The lowest BCUT2D eigenvalue weighted by Gasteiger charge is -2.52. The van der Waals surface area contributed by atoms with E-state index in [1.165, 1.54) is 0 Å². The number of halogens is 1. The number of methoxy groups -OCH3 is 1. The number of benzene rings is 1. The zero-order valence-corrected chi connectivity index (χ0v) is 24.8. The maximum absolute atomic E-state index is 11.6. The van der Waals surface area contributed by atoms with Crippen LogP contribution in [0.15, 0.2) is 61.1 Å². The summed E-state index contributed by atoms with van der Waals surface area (Å²) in [6.45, 7) is 14.2. The van der Waals surface area contributed by atoms with Gasteiger partial charge in [0.15, 0.2) is 11.5 Å². The van der Waals surface area contributed by atoms with E-state index in [2.05, 4.69) is 56.7 Å². The molecule has 4 aromatic rings. The molecule has 1 N–H and O–H groups in total. The first kappa shape index (κ1) is 28.3. The number of pyridine rings is 2. The molecule has 1 aromatic carbocycles. The third-order valence-electron chi connectivity index (χ3n) is 7.12. The highest BCUT2D eigenvalue weighted by atomic mass is 35.5. The van der Waals surface area contributed by atoms with Crippen molar-refractivity contribution in [3.8, 4) is 11.5 Å². The maximum atomic E-state index is 11.6. The molecule has 0 aliphatic carbocycles. The van der Waals surface area contributed by atoms with E-state index in [0.717, 1.165) is 22.2 Å². The van der Waals surface area contributed by atoms with Gasteiger partial charge in [0.25, 0.3) is 0 Å². The van der Waals surface area contributed by atoms with E-state index in [1.807, 2.05) is 42.6 Å². The summed E-state index contributed by atoms with van der Waals surface area (Å²) in [5.41, 5.74) is 3.16. The first-order chi connectivity index (χ1) is 18.1. The number of aromatic nitrogens is 3. The van der Waals surface area contributed by atoms with Gasteiger partial charge in [-0.1, -0.05) is 65.3 Å². The molecule has 6 nitrogen and oxygen atoms in total. The first-order valence-electron chi connectivity index (χ1n) is 13.0. The summed E-state index contributed by atoms with van der Waals surface area (Å²) < 4.78 is 14.0. The Balaban J connectivity index is 1.73. The third-order valence-corrected chi connectivity index (χ3v) is 12.9. The molecule has 0 saturated heterocycles. The Kier molecular flexibility index (Phi) is 8.60. The zero-order chi connectivity index (χ0) is 27.6. The van der Waals surface area contributed by atoms with Crippen LogP contribution in [0.2, 0.25) is 5.02 Å². The highest BCUT2D eigenvalue weighted by Crippen LogP contribution is 2.62. The van der Waals surface area contributed by atoms with E-state index in [-0.39, 0.29) is 0 Å². The van der Waals surface area contributed by atoms with Crippen LogP contribution in [0, 0.1) is 0 Å². The minimum atomic E-state index is -1.33. The highest BCUT2D eigenvalue weighted by Gasteiger charge is 2.38. The number of hydrogen-bond acceptors (Lipinski definition) is 5. The third kappa shape index (κ3) is 5.12. The summed E-state index contributed by atoms with van der Waals surface area (Å²) in [5, 5.41) is 14.5. The lowest BCUT2D eigenvalue weighted by atomic mass is 10.1. The number of aliphatic hydroxyl groups excluding tert-OH is 1. The normalized spacial score (nSPS) is 13.5. The molecule has 0 aliphatic heterocycles. The van der Waals surface area contributed by atoms with Crippen molar-refractivity contribution in [1.82, 2.24) is 13.9 Å². The second-order valence-electron chi connectivity index (χ2n) is 10.2. The molecule has 8 heteroatoms. The minimum absolute atomic E-state index is 0.348. The maximum Gasteiger partial charge on any atom is 0.179 e. The SMILES string of the molecule is COc1cc(C(O)c2cn(S(C(C)C)(C(C)C)C(C)C)c3ncccc23)ncc1OCc1ccc(Cl)cc1. The van der Waals surface area contributed by atoms with E-state index in [4.69, 9.17) is 26.1 Å². The molecule has 3 aromatic heterocycles. The molecular formula is C30H38ClN3O3S. The lowest BCUT2D eigenvalue weighted by molar-refractivity contribution is 0.215. The molecule has 0 bridgehead atoms. The van der Waals surface area contributed by atoms with E-state index in [9.17, 15) is 5.11 Å². The Morgan fingerprint density at radius 2 is 1.61 bits per heavy atom. The van der Waals surface area contributed by atoms with Crippen LogP contribution < -0.4 is 9.47 Å². The average Bonchev–Trinajstić information content (AvgIpc) is 3.27. The van der Waals surface area contributed by atoms with Crippen molar-refractivity contribution in [2.45, 2.75) is 70.0 Å². The summed E-state index contributed by atoms with van der Waals surface area (Å²) in [5.74, 6) is 1.02. The molecule has 1 unspecified atom stereocenters. The van der Waals surface area contributed by atoms with Crippen molar-refractivity contribution in [3.63, 3.8) is 0 Å². The van der Waals surface area contributed by atoms with Crippen molar-refractivity contribution in [2.75, 3.05) is 7.11 Å². The van der Waals surface area contributed by atoms with Crippen LogP contribution in [-0.4, -0.2) is 41.9 Å². The van der Waals surface area contributed by atoms with Crippen molar-refractivity contribution in [2.24, 2.45) is 0 Å². The molecule has 0 radical (unpaired) electrons. The summed E-state index contributed by atoms with van der Waals surface area (Å²) in [6.07, 6.45) is 4.59. The van der Waals surface area contributed by atoms with E-state index in [1.54, 1.807) is 19.4 Å². The molecule has 0 fully saturated rings. The minimum Gasteiger partial charge on any atom is -0.493 e. The van der Waals surface area contributed by atoms with Gasteiger partial charge in [-0.25, -0.2) is 4.98 Å². The molecule has 4 rings (SSSR count). The molecular weight excluding hydrogens is 518 g/mol. The van der Waals surface area contributed by atoms with Gasteiger partial charge in [0.1, 0.15) is 18.4 Å². The Labute approximate surface area is 232 Å². The molecule has 0 saturated carbocycles. The van der Waals surface area contributed by atoms with Gasteiger partial charge in [-0.05, 0) is 29.8 Å². The first-order valence-corrected chi connectivity index (χ1v) is 15.1. The van der Waals surface area contributed by atoms with Crippen LogP contribution >= 0.6 is 21.8 Å². The van der Waals surface area contributed by atoms with Gasteiger partial charge >= 0.3 is 0 Å². The van der Waals surface area contributed by atoms with Gasteiger partial charge in [-0.15, -0.1) is 0 Å². The quantitative estimate of drug-likeness (QED) is 0.219. The topological polar surface area (TPSA) is 69.4 Å². The fourth-order valence-corrected chi connectivity index (χ4v) is 11.1. The second kappa shape index (κ2) is 11.6. The summed E-state index contributed by atoms with van der Waals surface area (Å²) in [6, 6.07) is 13.2. The Morgan fingerprint density at radius 1 is 0.947 bits per heavy atom. The van der Waals surface area contributed by atoms with Crippen LogP contribution in [0.1, 0.15) is 64.5 Å². The lowest BCUT2D eigenvalue weighted by Crippen LogP contribution is -2.34. The predicted octanol–water partition coefficient (Wildman–Crippen LogP) is 7.55. The molecule has 38 heavy (non-hydrogen) atoms. The largest absolute Gasteiger partial charge is 0.493 e. The molecule has 3 heterocycles. The molecule has 0 amide bonds. The van der Waals surface area contributed by atoms with Crippen molar-refractivity contribution >= 4 is 32.8 Å². The average molecular weight is 556 g/mol. The molecule has 204 valence electrons. The Bertz CT molecular complexity index is 1360. The van der Waals surface area contributed by atoms with Gasteiger partial charge in [-0.2, -0.15) is 10.2 Å². The Morgan fingerprint density at radius 3 is 2.21 bits per heavy atom. The number of fused-ring (bicyclic) bond motifs is 1. The summed E-state index contributed by atoms with van der Waals surface area (Å²) in [4.78, 5) is 9.37. The number of hydrogen-bond donors (Lipinski definition) is 1. The monoisotopic (exact) mass is 555 g/mol. The molecule has 0 spiro atoms. The van der Waals surface area contributed by atoms with Gasteiger partial charge < -0.3 is 14.6 Å². The van der Waals surface area contributed by atoms with E-state index in [0.29, 0.717) is 44.6 Å². The van der Waals surface area contributed by atoms with Crippen LogP contribution in [-0.2, 0) is 6.61 Å². The van der Waals surface area contributed by atoms with Gasteiger partial charge in [0.2, 0.25) is 0 Å². The zero-order valence-electron chi connectivity index (χ0n) is 23.2. The molecule has 0 aliphatic rings. The fraction of sp³-hybridized carbons (Fsp3) is 0.400. The van der Waals surface area contributed by atoms with Crippen molar-refractivity contribution in [3.05, 3.63) is 82.9 Å². The van der Waals surface area contributed by atoms with Gasteiger partial charge in [-0.3, -0.25) is 8.96 Å². The summed E-state index contributed by atoms with van der Waals surface area (Å²) in [7, 11) is 0.253. The number of nitrogens with zero attached hydrogens (tertiary/aromatic N) is 3. The number of aliphatic hydroxyl groups is 1. The van der Waals surface area contributed by atoms with Gasteiger partial charge in [0.05, 0.1) is 19.0 Å². The van der Waals surface area contributed by atoms with Gasteiger partial charge in [0, 0.05) is 50.2 Å². The van der Waals surface area contributed by atoms with E-state index < -0.39 is 16.3 Å². The van der Waals surface area contributed by atoms with Crippen molar-refractivity contribution < 1.29 is 14.6 Å². The van der Waals surface area contributed by atoms with E-state index >= 15 is 0 Å². The Hall–Kier alpha value is -2.74. The van der Waals surface area contributed by atoms with Crippen molar-refractivity contribution in [1.29, 1.82) is 0 Å². The number of rotatable bonds is 10. The smallest absolute Gasteiger partial charge is 0.179 e. The second-order valence-corrected chi connectivity index (χ2v) is 15.3.